The highest BCUT2D eigenvalue weighted by Gasteiger charge is 2.42. The zero-order chi connectivity index (χ0) is 20.2. The van der Waals surface area contributed by atoms with Crippen molar-refractivity contribution in [2.75, 3.05) is 6.54 Å². The van der Waals surface area contributed by atoms with Crippen molar-refractivity contribution in [2.45, 2.75) is 25.9 Å². The molecule has 11 heteroatoms. The average Bonchev–Trinajstić information content (AvgIpc) is 3.03. The number of carbonyl (C=O) groups excluding carboxylic acids is 1. The Balaban J connectivity index is 2.34. The van der Waals surface area contributed by atoms with E-state index in [-0.39, 0.29) is 18.7 Å². The molecule has 2 N–H and O–H groups in total. The molecule has 0 saturated carbocycles. The van der Waals surface area contributed by atoms with E-state index in [9.17, 15) is 27.2 Å². The maximum atomic E-state index is 13.5. The number of carboxylic acid groups (broad SMARTS) is 1. The second kappa shape index (κ2) is 8.14. The average molecular weight is 388 g/mol. The van der Waals surface area contributed by atoms with E-state index < -0.39 is 41.2 Å². The molecule has 0 aliphatic carbocycles. The smallest absolute Gasteiger partial charge is 0.435 e. The van der Waals surface area contributed by atoms with Crippen molar-refractivity contribution < 1.29 is 32.3 Å². The van der Waals surface area contributed by atoms with Crippen LogP contribution >= 0.6 is 0 Å². The topological polar surface area (TPSA) is 97.1 Å². The molecule has 0 saturated heterocycles. The molecule has 0 radical (unpaired) electrons. The van der Waals surface area contributed by atoms with Crippen molar-refractivity contribution in [1.82, 2.24) is 20.3 Å². The fraction of sp³-hybridized carbons (Fsp3) is 0.375. The van der Waals surface area contributed by atoms with Crippen LogP contribution < -0.4 is 5.32 Å². The van der Waals surface area contributed by atoms with Crippen LogP contribution in [0.4, 0.5) is 17.6 Å². The molecule has 1 atom stereocenters. The number of hydrogen-bond acceptors (Lipinski definition) is 4. The number of carboxylic acids is 1. The Morgan fingerprint density at radius 2 is 2.04 bits per heavy atom. The lowest BCUT2D eigenvalue weighted by Crippen LogP contribution is -2.34. The lowest BCUT2D eigenvalue weighted by atomic mass is 10.0. The third-order valence-corrected chi connectivity index (χ3v) is 3.70. The van der Waals surface area contributed by atoms with Gasteiger partial charge < -0.3 is 10.4 Å². The summed E-state index contributed by atoms with van der Waals surface area (Å²) < 4.78 is 54.0. The molecule has 2 aromatic rings. The van der Waals surface area contributed by atoms with Gasteiger partial charge in [0.25, 0.3) is 5.91 Å². The molecule has 1 unspecified atom stereocenters. The van der Waals surface area contributed by atoms with Crippen LogP contribution in [0.1, 0.15) is 35.9 Å². The zero-order valence-corrected chi connectivity index (χ0v) is 14.1. The van der Waals surface area contributed by atoms with Crippen LogP contribution in [0.3, 0.4) is 0 Å². The molecular weight excluding hydrogens is 372 g/mol. The number of nitrogens with zero attached hydrogens (tertiary/aromatic N) is 3. The van der Waals surface area contributed by atoms with E-state index in [0.717, 1.165) is 12.1 Å². The van der Waals surface area contributed by atoms with Gasteiger partial charge in [0.2, 0.25) is 0 Å². The first-order valence-electron chi connectivity index (χ1n) is 7.95. The number of nitrogens with one attached hydrogen (secondary N) is 1. The Morgan fingerprint density at radius 3 is 2.59 bits per heavy atom. The molecule has 2 rings (SSSR count). The molecule has 0 spiro atoms. The Hall–Kier alpha value is -2.98. The van der Waals surface area contributed by atoms with Gasteiger partial charge in [0.05, 0.1) is 11.6 Å². The number of aromatic nitrogens is 3. The lowest BCUT2D eigenvalue weighted by molar-refractivity contribution is -0.143. The van der Waals surface area contributed by atoms with Crippen LogP contribution in [0.15, 0.2) is 24.3 Å². The summed E-state index contributed by atoms with van der Waals surface area (Å²) in [5.74, 6) is -4.11. The molecule has 0 aliphatic rings. The van der Waals surface area contributed by atoms with E-state index in [1.165, 1.54) is 12.1 Å². The summed E-state index contributed by atoms with van der Waals surface area (Å²) in [5.41, 5.74) is -2.76. The summed E-state index contributed by atoms with van der Waals surface area (Å²) in [6.45, 7) is 1.39. The number of alkyl halides is 3. The monoisotopic (exact) mass is 388 g/mol. The second-order valence-corrected chi connectivity index (χ2v) is 5.71. The molecule has 1 aromatic heterocycles. The van der Waals surface area contributed by atoms with Gasteiger partial charge in [-0.1, -0.05) is 24.6 Å². The van der Waals surface area contributed by atoms with Gasteiger partial charge in [0.1, 0.15) is 5.82 Å². The van der Waals surface area contributed by atoms with Crippen molar-refractivity contribution >= 4 is 11.9 Å². The number of halogens is 4. The Bertz CT molecular complexity index is 835. The number of benzene rings is 1. The first-order valence-corrected chi connectivity index (χ1v) is 7.95. The highest BCUT2D eigenvalue weighted by Crippen LogP contribution is 2.32. The zero-order valence-electron chi connectivity index (χ0n) is 14.1. The molecule has 7 nitrogen and oxygen atoms in total. The maximum Gasteiger partial charge on any atom is 0.435 e. The van der Waals surface area contributed by atoms with Crippen LogP contribution in [0, 0.1) is 11.7 Å². The van der Waals surface area contributed by atoms with E-state index in [1.54, 1.807) is 6.92 Å². The lowest BCUT2D eigenvalue weighted by Gasteiger charge is -2.13. The quantitative estimate of drug-likeness (QED) is 0.711. The number of aliphatic carboxylic acids is 1. The first-order chi connectivity index (χ1) is 12.6. The maximum absolute atomic E-state index is 13.5. The van der Waals surface area contributed by atoms with E-state index in [1.807, 2.05) is 0 Å². The predicted octanol–water partition coefficient (Wildman–Crippen LogP) is 2.66. The van der Waals surface area contributed by atoms with E-state index >= 15 is 0 Å². The van der Waals surface area contributed by atoms with Crippen molar-refractivity contribution in [1.29, 1.82) is 0 Å². The van der Waals surface area contributed by atoms with Crippen LogP contribution in [-0.2, 0) is 11.0 Å². The van der Waals surface area contributed by atoms with Crippen LogP contribution in [0.25, 0.3) is 5.69 Å². The SMILES string of the molecule is CCCC(CNC(=O)c1nnn(-c2cccc(F)c2)c1C(F)(F)F)C(=O)O. The molecule has 1 amide bonds. The van der Waals surface area contributed by atoms with Crippen LogP contribution in [-0.4, -0.2) is 38.5 Å². The van der Waals surface area contributed by atoms with Gasteiger partial charge in [0, 0.05) is 6.54 Å². The minimum absolute atomic E-state index is 0.248. The van der Waals surface area contributed by atoms with E-state index in [4.69, 9.17) is 5.11 Å². The fourth-order valence-corrected chi connectivity index (χ4v) is 2.44. The van der Waals surface area contributed by atoms with Crippen molar-refractivity contribution in [2.24, 2.45) is 5.92 Å². The molecule has 1 heterocycles. The Kier molecular flexibility index (Phi) is 6.13. The summed E-state index contributed by atoms with van der Waals surface area (Å²) in [7, 11) is 0. The van der Waals surface area contributed by atoms with Crippen LogP contribution in [0.2, 0.25) is 0 Å². The first kappa shape index (κ1) is 20.3. The Morgan fingerprint density at radius 1 is 1.33 bits per heavy atom. The largest absolute Gasteiger partial charge is 0.481 e. The molecule has 0 fully saturated rings. The minimum Gasteiger partial charge on any atom is -0.481 e. The van der Waals surface area contributed by atoms with Crippen LogP contribution in [0.5, 0.6) is 0 Å². The summed E-state index contributed by atoms with van der Waals surface area (Å²) in [4.78, 5) is 23.2. The number of rotatable bonds is 7. The molecule has 1 aromatic carbocycles. The number of hydrogen-bond donors (Lipinski definition) is 2. The van der Waals surface area contributed by atoms with Gasteiger partial charge in [-0.05, 0) is 24.6 Å². The van der Waals surface area contributed by atoms with Gasteiger partial charge in [-0.25, -0.2) is 9.07 Å². The van der Waals surface area contributed by atoms with Gasteiger partial charge in [-0.3, -0.25) is 9.59 Å². The van der Waals surface area contributed by atoms with Gasteiger partial charge in [0.15, 0.2) is 11.4 Å². The van der Waals surface area contributed by atoms with Gasteiger partial charge in [-0.2, -0.15) is 13.2 Å². The highest BCUT2D eigenvalue weighted by molar-refractivity contribution is 5.93. The summed E-state index contributed by atoms with van der Waals surface area (Å²) in [6, 6.07) is 4.22. The highest BCUT2D eigenvalue weighted by atomic mass is 19.4. The fourth-order valence-electron chi connectivity index (χ4n) is 2.44. The van der Waals surface area contributed by atoms with Gasteiger partial charge >= 0.3 is 12.1 Å². The second-order valence-electron chi connectivity index (χ2n) is 5.71. The number of amides is 1. The van der Waals surface area contributed by atoms with E-state index in [0.29, 0.717) is 11.1 Å². The molecule has 146 valence electrons. The minimum atomic E-state index is -5.00. The molecule has 0 bridgehead atoms. The normalized spacial score (nSPS) is 12.6. The standard InChI is InChI=1S/C16H16F4N4O3/c1-2-4-9(15(26)27)8-21-14(25)12-13(16(18,19)20)24(23-22-12)11-6-3-5-10(17)7-11/h3,5-7,9H,2,4,8H2,1H3,(H,21,25)(H,26,27). The third kappa shape index (κ3) is 4.80. The Labute approximate surface area is 151 Å². The van der Waals surface area contributed by atoms with Crippen molar-refractivity contribution in [3.63, 3.8) is 0 Å². The predicted molar refractivity (Wildman–Crippen MR) is 84.7 cm³/mol. The molecule has 27 heavy (non-hydrogen) atoms. The molecule has 0 aliphatic heterocycles. The summed E-state index contributed by atoms with van der Waals surface area (Å²) in [5, 5.41) is 17.8. The van der Waals surface area contributed by atoms with Crippen molar-refractivity contribution in [3.8, 4) is 5.69 Å². The van der Waals surface area contributed by atoms with Gasteiger partial charge in [-0.15, -0.1) is 5.10 Å². The molecular formula is C16H16F4N4O3. The third-order valence-electron chi connectivity index (χ3n) is 3.70. The van der Waals surface area contributed by atoms with Crippen molar-refractivity contribution in [3.05, 3.63) is 41.5 Å². The number of carbonyl (C=O) groups is 2. The summed E-state index contributed by atoms with van der Waals surface area (Å²) in [6.07, 6.45) is -4.23. The van der Waals surface area contributed by atoms with E-state index in [2.05, 4.69) is 15.6 Å². The summed E-state index contributed by atoms with van der Waals surface area (Å²) >= 11 is 0.